The third-order valence-corrected chi connectivity index (χ3v) is 2.84. The Balaban J connectivity index is 0.000000921. The Kier molecular flexibility index (Phi) is 6.78. The molecule has 8 nitrogen and oxygen atoms in total. The van der Waals surface area contributed by atoms with Gasteiger partial charge in [0.15, 0.2) is 0 Å². The molecule has 0 saturated carbocycles. The van der Waals surface area contributed by atoms with Gasteiger partial charge in [-0.25, -0.2) is 15.3 Å². The average Bonchev–Trinajstić information content (AvgIpc) is 2.75. The lowest BCUT2D eigenvalue weighted by atomic mass is 10.2. The molecule has 0 unspecified atom stereocenters. The van der Waals surface area contributed by atoms with Gasteiger partial charge in [-0.05, 0) is 6.07 Å². The number of rotatable bonds is 2. The first kappa shape index (κ1) is 17.7. The summed E-state index contributed by atoms with van der Waals surface area (Å²) in [7, 11) is 5.01. The Morgan fingerprint density at radius 1 is 1.19 bits per heavy atom. The van der Waals surface area contributed by atoms with E-state index in [9.17, 15) is 4.79 Å². The van der Waals surface area contributed by atoms with Crippen LogP contribution in [0.5, 0.6) is 5.75 Å². The summed E-state index contributed by atoms with van der Waals surface area (Å²) in [5, 5.41) is 16.5. The maximum Gasteiger partial charge on any atom is 0.328 e. The van der Waals surface area contributed by atoms with Crippen LogP contribution >= 0.6 is 0 Å². The number of hydrogen-bond donors (Lipinski definition) is 1. The second kappa shape index (κ2) is 8.02. The molecule has 0 aliphatic carbocycles. The third-order valence-electron chi connectivity index (χ3n) is 2.84. The second-order valence-electron chi connectivity index (χ2n) is 3.76. The molecule has 8 heteroatoms. The molecule has 0 amide bonds. The topological polar surface area (TPSA) is 122 Å². The number of aryl methyl sites for hydroxylation is 2. The Bertz CT molecular complexity index is 730. The lowest BCUT2D eigenvalue weighted by Crippen LogP contribution is -2.19. The monoisotopic (exact) mass is 288 g/mol. The summed E-state index contributed by atoms with van der Waals surface area (Å²) in [6.07, 6.45) is 1.50. The summed E-state index contributed by atoms with van der Waals surface area (Å²) in [6.45, 7) is 7.00. The highest BCUT2D eigenvalue weighted by Crippen LogP contribution is 2.23. The van der Waals surface area contributed by atoms with Crippen LogP contribution in [-0.4, -0.2) is 22.5 Å². The molecule has 1 aromatic carbocycles. The van der Waals surface area contributed by atoms with Crippen LogP contribution in [0.2, 0.25) is 0 Å². The van der Waals surface area contributed by atoms with Gasteiger partial charge >= 0.3 is 5.69 Å². The van der Waals surface area contributed by atoms with E-state index >= 15 is 0 Å². The molecule has 0 fully saturated rings. The van der Waals surface area contributed by atoms with E-state index < -0.39 is 0 Å². The molecule has 2 N–H and O–H groups in total. The largest absolute Gasteiger partial charge is 0.496 e. The lowest BCUT2D eigenvalue weighted by Gasteiger charge is -2.05. The van der Waals surface area contributed by atoms with Gasteiger partial charge in [0.1, 0.15) is 5.75 Å². The molecule has 0 aliphatic heterocycles. The SMILES string of the molecule is C#N.C#N.COc1cc2c(cc1C=NN)n(C)c(=O)n2C. The molecule has 110 valence electrons. The van der Waals surface area contributed by atoms with Crippen LogP contribution in [0, 0.1) is 23.7 Å². The van der Waals surface area contributed by atoms with E-state index in [1.807, 2.05) is 6.07 Å². The average molecular weight is 288 g/mol. The molecular formula is C13H16N6O2. The van der Waals surface area contributed by atoms with Crippen LogP contribution in [0.15, 0.2) is 22.0 Å². The summed E-state index contributed by atoms with van der Waals surface area (Å²) in [5.41, 5.74) is 2.28. The minimum atomic E-state index is -0.0797. The van der Waals surface area contributed by atoms with Crippen molar-refractivity contribution in [3.8, 4) is 18.9 Å². The molecule has 0 radical (unpaired) electrons. The third kappa shape index (κ3) is 3.19. The Morgan fingerprint density at radius 2 is 1.67 bits per heavy atom. The Morgan fingerprint density at radius 3 is 2.10 bits per heavy atom. The van der Waals surface area contributed by atoms with Gasteiger partial charge in [-0.1, -0.05) is 0 Å². The molecule has 1 aromatic heterocycles. The predicted octanol–water partition coefficient (Wildman–Crippen LogP) is 0.458. The maximum atomic E-state index is 11.8. The zero-order chi connectivity index (χ0) is 16.6. The van der Waals surface area contributed by atoms with Crippen LogP contribution in [0.3, 0.4) is 0 Å². The Hall–Kier alpha value is -3.26. The van der Waals surface area contributed by atoms with Gasteiger partial charge in [-0.15, -0.1) is 0 Å². The predicted molar refractivity (Wildman–Crippen MR) is 79.8 cm³/mol. The highest BCUT2D eigenvalue weighted by molar-refractivity contribution is 5.91. The van der Waals surface area contributed by atoms with Crippen molar-refractivity contribution < 1.29 is 4.74 Å². The number of aromatic nitrogens is 2. The van der Waals surface area contributed by atoms with Crippen molar-refractivity contribution in [3.63, 3.8) is 0 Å². The van der Waals surface area contributed by atoms with Crippen molar-refractivity contribution in [2.45, 2.75) is 0 Å². The molecule has 0 spiro atoms. The van der Waals surface area contributed by atoms with Crippen molar-refractivity contribution in [1.82, 2.24) is 9.13 Å². The van der Waals surface area contributed by atoms with Crippen LogP contribution in [-0.2, 0) is 14.1 Å². The zero-order valence-corrected chi connectivity index (χ0v) is 12.0. The van der Waals surface area contributed by atoms with E-state index in [1.54, 1.807) is 36.4 Å². The van der Waals surface area contributed by atoms with Crippen LogP contribution in [0.4, 0.5) is 0 Å². The summed E-state index contributed by atoms with van der Waals surface area (Å²) < 4.78 is 8.38. The first-order valence-electron chi connectivity index (χ1n) is 5.58. The normalized spacial score (nSPS) is 9.48. The summed E-state index contributed by atoms with van der Waals surface area (Å²) in [5.74, 6) is 5.77. The van der Waals surface area contributed by atoms with Crippen LogP contribution < -0.4 is 16.3 Å². The fraction of sp³-hybridized carbons (Fsp3) is 0.231. The van der Waals surface area contributed by atoms with E-state index in [-0.39, 0.29) is 5.69 Å². The summed E-state index contributed by atoms with van der Waals surface area (Å²) >= 11 is 0. The molecule has 0 atom stereocenters. The molecule has 2 aromatic rings. The molecule has 0 bridgehead atoms. The number of fused-ring (bicyclic) bond motifs is 1. The number of nitrogens with two attached hydrogens (primary N) is 1. The minimum Gasteiger partial charge on any atom is -0.496 e. The summed E-state index contributed by atoms with van der Waals surface area (Å²) in [4.78, 5) is 11.8. The fourth-order valence-electron chi connectivity index (χ4n) is 1.90. The van der Waals surface area contributed by atoms with Gasteiger partial charge in [0.05, 0.1) is 24.4 Å². The van der Waals surface area contributed by atoms with E-state index in [2.05, 4.69) is 18.2 Å². The number of nitriles is 2. The minimum absolute atomic E-state index is 0.0797. The zero-order valence-electron chi connectivity index (χ0n) is 12.0. The first-order valence-corrected chi connectivity index (χ1v) is 5.58. The van der Waals surface area contributed by atoms with Crippen molar-refractivity contribution in [2.24, 2.45) is 25.0 Å². The van der Waals surface area contributed by atoms with Gasteiger partial charge < -0.3 is 10.6 Å². The smallest absolute Gasteiger partial charge is 0.328 e. The number of ether oxygens (including phenoxy) is 1. The van der Waals surface area contributed by atoms with Gasteiger partial charge in [0, 0.05) is 38.9 Å². The van der Waals surface area contributed by atoms with E-state index in [0.29, 0.717) is 5.75 Å². The van der Waals surface area contributed by atoms with Crippen LogP contribution in [0.1, 0.15) is 5.56 Å². The number of nitrogens with zero attached hydrogens (tertiary/aromatic N) is 5. The van der Waals surface area contributed by atoms with Gasteiger partial charge in [0.25, 0.3) is 0 Å². The molecule has 0 aliphatic rings. The van der Waals surface area contributed by atoms with Gasteiger partial charge in [0.2, 0.25) is 0 Å². The highest BCUT2D eigenvalue weighted by Gasteiger charge is 2.11. The molecular weight excluding hydrogens is 272 g/mol. The molecule has 1 heterocycles. The molecule has 21 heavy (non-hydrogen) atoms. The Labute approximate surface area is 121 Å². The van der Waals surface area contributed by atoms with Crippen molar-refractivity contribution in [1.29, 1.82) is 10.5 Å². The quantitative estimate of drug-likeness (QED) is 0.488. The van der Waals surface area contributed by atoms with E-state index in [4.69, 9.17) is 21.1 Å². The highest BCUT2D eigenvalue weighted by atomic mass is 16.5. The number of benzene rings is 1. The number of methoxy groups -OCH3 is 1. The van der Waals surface area contributed by atoms with Gasteiger partial charge in [-0.3, -0.25) is 9.13 Å². The van der Waals surface area contributed by atoms with Crippen molar-refractivity contribution >= 4 is 17.2 Å². The lowest BCUT2D eigenvalue weighted by molar-refractivity contribution is 0.414. The first-order chi connectivity index (χ1) is 10.1. The van der Waals surface area contributed by atoms with E-state index in [1.165, 1.54) is 6.21 Å². The molecule has 2 rings (SSSR count). The number of hydrazone groups is 1. The second-order valence-corrected chi connectivity index (χ2v) is 3.76. The number of imidazole rings is 1. The van der Waals surface area contributed by atoms with Crippen LogP contribution in [0.25, 0.3) is 11.0 Å². The van der Waals surface area contributed by atoms with Gasteiger partial charge in [-0.2, -0.15) is 5.10 Å². The molecule has 0 saturated heterocycles. The fourth-order valence-corrected chi connectivity index (χ4v) is 1.90. The van der Waals surface area contributed by atoms with E-state index in [0.717, 1.165) is 16.6 Å². The summed E-state index contributed by atoms with van der Waals surface area (Å²) in [6, 6.07) is 3.62. The number of hydrogen-bond acceptors (Lipinski definition) is 6. The maximum absolute atomic E-state index is 11.8. The van der Waals surface area contributed by atoms with Crippen molar-refractivity contribution in [3.05, 3.63) is 28.2 Å². The standard InChI is InChI=1S/C11H14N4O2.2CHN/c1-14-8-4-7(6-13-12)10(17-3)5-9(8)15(2)11(14)16;2*1-2/h4-6H,12H2,1-3H3;2*1H. The van der Waals surface area contributed by atoms with Crippen molar-refractivity contribution in [2.75, 3.05) is 7.11 Å².